The molecule has 9 heteroatoms. The van der Waals surface area contributed by atoms with Gasteiger partial charge in [0.05, 0.1) is 29.0 Å². The normalized spacial score (nSPS) is 16.3. The molecule has 0 aliphatic carbocycles. The van der Waals surface area contributed by atoms with E-state index in [1.54, 1.807) is 38.7 Å². The molecule has 1 amide bonds. The number of aromatic nitrogens is 4. The minimum atomic E-state index is -0.187. The van der Waals surface area contributed by atoms with Crippen molar-refractivity contribution in [3.8, 4) is 5.69 Å². The fourth-order valence-corrected chi connectivity index (χ4v) is 5.26. The van der Waals surface area contributed by atoms with Gasteiger partial charge in [0.1, 0.15) is 11.4 Å². The molecule has 0 saturated heterocycles. The Morgan fingerprint density at radius 1 is 1.23 bits per heavy atom. The number of rotatable bonds is 3. The number of pyridine rings is 1. The largest absolute Gasteiger partial charge is 0.327 e. The van der Waals surface area contributed by atoms with Crippen LogP contribution in [-0.2, 0) is 13.1 Å². The molecule has 4 aromatic rings. The summed E-state index contributed by atoms with van der Waals surface area (Å²) in [5, 5.41) is 1.04. The molecule has 1 unspecified atom stereocenters. The molecule has 1 aliphatic heterocycles. The van der Waals surface area contributed by atoms with Gasteiger partial charge in [-0.1, -0.05) is 12.1 Å². The first-order valence-electron chi connectivity index (χ1n) is 9.52. The highest BCUT2D eigenvalue weighted by atomic mass is 79.9. The number of amides is 1. The number of hydrogen-bond donors (Lipinski definition) is 0. The molecule has 4 heterocycles. The Balaban J connectivity index is 1.51. The highest BCUT2D eigenvalue weighted by Gasteiger charge is 2.32. The van der Waals surface area contributed by atoms with Gasteiger partial charge < -0.3 is 14.0 Å². The Kier molecular flexibility index (Phi) is 4.59. The molecule has 152 valence electrons. The van der Waals surface area contributed by atoms with Crippen LogP contribution >= 0.6 is 27.5 Å². The Bertz CT molecular complexity index is 1360. The van der Waals surface area contributed by atoms with Crippen molar-refractivity contribution in [2.24, 2.45) is 0 Å². The van der Waals surface area contributed by atoms with Crippen molar-refractivity contribution in [3.05, 3.63) is 74.8 Å². The number of carbonyl (C=O) groups is 1. The zero-order valence-corrected chi connectivity index (χ0v) is 18.8. The quantitative estimate of drug-likeness (QED) is 0.444. The number of benzene rings is 1. The molecule has 0 spiro atoms. The van der Waals surface area contributed by atoms with E-state index in [2.05, 4.69) is 25.3 Å². The fraction of sp³-hybridized carbons (Fsp3) is 0.238. The van der Waals surface area contributed by atoms with Gasteiger partial charge in [-0.15, -0.1) is 0 Å². The van der Waals surface area contributed by atoms with E-state index in [9.17, 15) is 9.59 Å². The van der Waals surface area contributed by atoms with E-state index >= 15 is 0 Å². The third-order valence-corrected chi connectivity index (χ3v) is 7.31. The van der Waals surface area contributed by atoms with E-state index in [0.717, 1.165) is 25.9 Å². The molecule has 1 aliphatic rings. The highest BCUT2D eigenvalue weighted by molar-refractivity contribution is 9.10. The van der Waals surface area contributed by atoms with Gasteiger partial charge in [0, 0.05) is 28.6 Å². The van der Waals surface area contributed by atoms with Gasteiger partial charge in [0.15, 0.2) is 0 Å². The van der Waals surface area contributed by atoms with Gasteiger partial charge in [-0.2, -0.15) is 4.37 Å². The smallest absolute Gasteiger partial charge is 0.275 e. The maximum Gasteiger partial charge on any atom is 0.275 e. The summed E-state index contributed by atoms with van der Waals surface area (Å²) in [6.45, 7) is 4.68. The Morgan fingerprint density at radius 3 is 2.83 bits per heavy atom. The third kappa shape index (κ3) is 3.00. The molecule has 3 aromatic heterocycles. The van der Waals surface area contributed by atoms with Crippen molar-refractivity contribution >= 4 is 43.5 Å². The second-order valence-corrected chi connectivity index (χ2v) is 9.10. The molecular weight excluding hydrogens is 466 g/mol. The van der Waals surface area contributed by atoms with Crippen LogP contribution in [0.1, 0.15) is 28.8 Å². The molecule has 0 saturated carbocycles. The molecule has 0 radical (unpaired) electrons. The highest BCUT2D eigenvalue weighted by Crippen LogP contribution is 2.31. The average Bonchev–Trinajstić information content (AvgIpc) is 3.33. The second-order valence-electron chi connectivity index (χ2n) is 7.47. The Morgan fingerprint density at radius 2 is 2.07 bits per heavy atom. The number of hydrogen-bond acceptors (Lipinski definition) is 5. The van der Waals surface area contributed by atoms with Crippen LogP contribution in [0.5, 0.6) is 0 Å². The van der Waals surface area contributed by atoms with Crippen LogP contribution in [0.15, 0.2) is 52.1 Å². The lowest BCUT2D eigenvalue weighted by Gasteiger charge is -2.35. The van der Waals surface area contributed by atoms with E-state index in [1.807, 2.05) is 32.0 Å². The summed E-state index contributed by atoms with van der Waals surface area (Å²) in [6, 6.07) is 9.27. The third-order valence-electron chi connectivity index (χ3n) is 5.45. The average molecular weight is 484 g/mol. The summed E-state index contributed by atoms with van der Waals surface area (Å²) in [6.07, 6.45) is 3.42. The standard InChI is InChI=1S/C21H18BrN5O2S/c1-12-8-25(11-23-12)17-6-7-18-21(29)26(13(2)9-27(18)20(17)28)10-16-14-4-3-5-15(22)19(14)30-24-16/h3-8,11,13H,9-10H2,1-2H3. The first-order chi connectivity index (χ1) is 14.4. The maximum absolute atomic E-state index is 13.3. The Hall–Kier alpha value is -2.78. The van der Waals surface area contributed by atoms with E-state index in [4.69, 9.17) is 0 Å². The van der Waals surface area contributed by atoms with Crippen molar-refractivity contribution in [1.82, 2.24) is 23.4 Å². The topological polar surface area (TPSA) is 73.0 Å². The maximum atomic E-state index is 13.3. The molecule has 7 nitrogen and oxygen atoms in total. The minimum Gasteiger partial charge on any atom is -0.327 e. The summed E-state index contributed by atoms with van der Waals surface area (Å²) in [4.78, 5) is 32.3. The number of aryl methyl sites for hydroxylation is 1. The number of carbonyl (C=O) groups excluding carboxylic acids is 1. The first-order valence-corrected chi connectivity index (χ1v) is 11.1. The monoisotopic (exact) mass is 483 g/mol. The summed E-state index contributed by atoms with van der Waals surface area (Å²) >= 11 is 4.98. The van der Waals surface area contributed by atoms with Crippen molar-refractivity contribution in [2.45, 2.75) is 33.0 Å². The molecule has 5 rings (SSSR count). The number of halogens is 1. The molecule has 0 N–H and O–H groups in total. The molecular formula is C21H18BrN5O2S. The van der Waals surface area contributed by atoms with Crippen LogP contribution < -0.4 is 5.56 Å². The summed E-state index contributed by atoms with van der Waals surface area (Å²) < 4.78 is 9.93. The van der Waals surface area contributed by atoms with Crippen molar-refractivity contribution in [1.29, 1.82) is 0 Å². The van der Waals surface area contributed by atoms with Crippen LogP contribution in [-0.4, -0.2) is 35.3 Å². The second kappa shape index (κ2) is 7.17. The van der Waals surface area contributed by atoms with Gasteiger partial charge >= 0.3 is 0 Å². The number of fused-ring (bicyclic) bond motifs is 2. The van der Waals surface area contributed by atoms with Gasteiger partial charge in [-0.25, -0.2) is 4.98 Å². The van der Waals surface area contributed by atoms with E-state index < -0.39 is 0 Å². The number of nitrogens with zero attached hydrogens (tertiary/aromatic N) is 5. The lowest BCUT2D eigenvalue weighted by Crippen LogP contribution is -2.49. The first kappa shape index (κ1) is 19.2. The van der Waals surface area contributed by atoms with Crippen LogP contribution in [0, 0.1) is 6.92 Å². The van der Waals surface area contributed by atoms with Gasteiger partial charge in [0.25, 0.3) is 11.5 Å². The molecule has 30 heavy (non-hydrogen) atoms. The van der Waals surface area contributed by atoms with Crippen molar-refractivity contribution in [3.63, 3.8) is 0 Å². The van der Waals surface area contributed by atoms with Crippen LogP contribution in [0.4, 0.5) is 0 Å². The number of imidazole rings is 1. The van der Waals surface area contributed by atoms with Crippen molar-refractivity contribution in [2.75, 3.05) is 0 Å². The van der Waals surface area contributed by atoms with E-state index in [1.165, 1.54) is 11.5 Å². The van der Waals surface area contributed by atoms with Gasteiger partial charge in [-0.3, -0.25) is 9.59 Å². The predicted octanol–water partition coefficient (Wildman–Crippen LogP) is 3.76. The SMILES string of the molecule is Cc1cn(-c2ccc3n(c2=O)CC(C)N(Cc2nsc4c(Br)cccc24)C3=O)cn1. The summed E-state index contributed by atoms with van der Waals surface area (Å²) in [5.74, 6) is -0.157. The van der Waals surface area contributed by atoms with Crippen LogP contribution in [0.2, 0.25) is 0 Å². The van der Waals surface area contributed by atoms with Crippen LogP contribution in [0.3, 0.4) is 0 Å². The van der Waals surface area contributed by atoms with Crippen LogP contribution in [0.25, 0.3) is 15.8 Å². The zero-order valence-electron chi connectivity index (χ0n) is 16.4. The Labute approximate surface area is 184 Å². The van der Waals surface area contributed by atoms with E-state index in [0.29, 0.717) is 24.5 Å². The lowest BCUT2D eigenvalue weighted by molar-refractivity contribution is 0.0588. The van der Waals surface area contributed by atoms with Gasteiger partial charge in [-0.05, 0) is 59.5 Å². The molecule has 0 bridgehead atoms. The fourth-order valence-electron chi connectivity index (χ4n) is 3.88. The molecule has 0 fully saturated rings. The summed E-state index contributed by atoms with van der Waals surface area (Å²) in [5.41, 5.74) is 2.41. The zero-order chi connectivity index (χ0) is 21.0. The summed E-state index contributed by atoms with van der Waals surface area (Å²) in [7, 11) is 0. The lowest BCUT2D eigenvalue weighted by atomic mass is 10.1. The van der Waals surface area contributed by atoms with Crippen molar-refractivity contribution < 1.29 is 4.79 Å². The minimum absolute atomic E-state index is 0.133. The molecule has 1 aromatic carbocycles. The van der Waals surface area contributed by atoms with E-state index in [-0.39, 0.29) is 17.5 Å². The molecule has 1 atom stereocenters. The predicted molar refractivity (Wildman–Crippen MR) is 119 cm³/mol. The van der Waals surface area contributed by atoms with Gasteiger partial charge in [0.2, 0.25) is 0 Å².